The number of aliphatic imine (C=N–C) groups is 1. The van der Waals surface area contributed by atoms with Crippen LogP contribution in [0.3, 0.4) is 0 Å². The second kappa shape index (κ2) is 7.86. The fourth-order valence-corrected chi connectivity index (χ4v) is 4.64. The first-order valence-electron chi connectivity index (χ1n) is 8.47. The zero-order chi connectivity index (χ0) is 17.9. The Morgan fingerprint density at radius 3 is 2.54 bits per heavy atom. The molecule has 2 aromatic carbocycles. The molecule has 0 atom stereocenters. The summed E-state index contributed by atoms with van der Waals surface area (Å²) in [6.07, 6.45) is 2.08. The molecule has 0 aliphatic carbocycles. The molecule has 0 saturated carbocycles. The molecule has 0 radical (unpaired) electrons. The molecule has 2 heterocycles. The summed E-state index contributed by atoms with van der Waals surface area (Å²) in [5.41, 5.74) is 0.937. The summed E-state index contributed by atoms with van der Waals surface area (Å²) in [5.74, 6) is 1.12. The number of aromatic nitrogens is 1. The molecule has 134 valence electrons. The van der Waals surface area contributed by atoms with Crippen molar-refractivity contribution in [3.05, 3.63) is 53.6 Å². The Bertz CT molecular complexity index is 915. The highest BCUT2D eigenvalue weighted by atomic mass is 35.5. The van der Waals surface area contributed by atoms with Crippen molar-refractivity contribution in [2.24, 2.45) is 4.99 Å². The van der Waals surface area contributed by atoms with Crippen LogP contribution in [-0.4, -0.2) is 46.9 Å². The minimum Gasteiger partial charge on any atom is -0.352 e. The number of anilines is 1. The van der Waals surface area contributed by atoms with Gasteiger partial charge in [-0.05, 0) is 54.2 Å². The van der Waals surface area contributed by atoms with Gasteiger partial charge in [-0.15, -0.1) is 0 Å². The van der Waals surface area contributed by atoms with E-state index in [1.54, 1.807) is 23.3 Å². The Morgan fingerprint density at radius 2 is 1.81 bits per heavy atom. The maximum Gasteiger partial charge on any atom is 0.164 e. The maximum absolute atomic E-state index is 5.96. The summed E-state index contributed by atoms with van der Waals surface area (Å²) in [5, 5.41) is 3.04. The van der Waals surface area contributed by atoms with E-state index in [1.807, 2.05) is 24.3 Å². The number of thioether (sulfide) groups is 1. The van der Waals surface area contributed by atoms with E-state index < -0.39 is 0 Å². The lowest BCUT2D eigenvalue weighted by Gasteiger charge is -2.36. The van der Waals surface area contributed by atoms with Gasteiger partial charge < -0.3 is 9.80 Å². The molecule has 1 saturated heterocycles. The Labute approximate surface area is 166 Å². The van der Waals surface area contributed by atoms with E-state index >= 15 is 0 Å². The van der Waals surface area contributed by atoms with Gasteiger partial charge >= 0.3 is 0 Å². The molecule has 26 heavy (non-hydrogen) atoms. The number of rotatable bonds is 2. The smallest absolute Gasteiger partial charge is 0.164 e. The van der Waals surface area contributed by atoms with E-state index in [2.05, 4.69) is 44.7 Å². The van der Waals surface area contributed by atoms with Gasteiger partial charge in [0.15, 0.2) is 5.17 Å². The van der Waals surface area contributed by atoms with E-state index in [4.69, 9.17) is 16.6 Å². The zero-order valence-corrected chi connectivity index (χ0v) is 16.8. The highest BCUT2D eigenvalue weighted by Crippen LogP contribution is 2.30. The third kappa shape index (κ3) is 3.68. The molecular formula is C19H19ClN4S2. The lowest BCUT2D eigenvalue weighted by molar-refractivity contribution is 0.392. The molecule has 0 unspecified atom stereocenters. The van der Waals surface area contributed by atoms with Crippen LogP contribution in [0.2, 0.25) is 5.02 Å². The number of amidine groups is 1. The lowest BCUT2D eigenvalue weighted by Crippen LogP contribution is -2.48. The second-order valence-electron chi connectivity index (χ2n) is 6.05. The van der Waals surface area contributed by atoms with Crippen molar-refractivity contribution in [2.45, 2.75) is 0 Å². The van der Waals surface area contributed by atoms with Crippen molar-refractivity contribution in [2.75, 3.05) is 37.3 Å². The topological polar surface area (TPSA) is 31.7 Å². The minimum atomic E-state index is 0.735. The summed E-state index contributed by atoms with van der Waals surface area (Å²) in [4.78, 5) is 9.53. The molecule has 7 heteroatoms. The van der Waals surface area contributed by atoms with Crippen molar-refractivity contribution < 1.29 is 0 Å². The summed E-state index contributed by atoms with van der Waals surface area (Å²) in [6, 6.07) is 16.1. The van der Waals surface area contributed by atoms with Crippen molar-refractivity contribution in [3.8, 4) is 0 Å². The molecule has 4 nitrogen and oxygen atoms in total. The van der Waals surface area contributed by atoms with E-state index in [-0.39, 0.29) is 0 Å². The summed E-state index contributed by atoms with van der Waals surface area (Å²) in [7, 11) is 0. The fourth-order valence-electron chi connectivity index (χ4n) is 3.08. The first kappa shape index (κ1) is 17.6. The van der Waals surface area contributed by atoms with Crippen LogP contribution >= 0.6 is 34.9 Å². The van der Waals surface area contributed by atoms with E-state index in [1.165, 1.54) is 10.1 Å². The van der Waals surface area contributed by atoms with Gasteiger partial charge in [-0.2, -0.15) is 4.37 Å². The van der Waals surface area contributed by atoms with Gasteiger partial charge in [0.25, 0.3) is 0 Å². The third-order valence-corrected chi connectivity index (χ3v) is 6.23. The Hall–Kier alpha value is -1.76. The van der Waals surface area contributed by atoms with Crippen LogP contribution in [0.5, 0.6) is 0 Å². The van der Waals surface area contributed by atoms with Crippen molar-refractivity contribution in [3.63, 3.8) is 0 Å². The summed E-state index contributed by atoms with van der Waals surface area (Å²) in [6.45, 7) is 3.79. The van der Waals surface area contributed by atoms with Gasteiger partial charge in [0.2, 0.25) is 0 Å². The standard InChI is InChI=1S/C19H19ClN4S2/c1-25-19(21-15-8-6-14(20)7-9-15)24-12-10-23(11-13-24)18-16-4-2-3-5-17(16)26-22-18/h2-9H,10-13H2,1H3/b21-19+. The quantitative estimate of drug-likeness (QED) is 0.439. The monoisotopic (exact) mass is 402 g/mol. The van der Waals surface area contributed by atoms with Gasteiger partial charge in [0.05, 0.1) is 10.4 Å². The second-order valence-corrected chi connectivity index (χ2v) is 8.07. The summed E-state index contributed by atoms with van der Waals surface area (Å²) < 4.78 is 5.94. The Balaban J connectivity index is 1.47. The number of halogens is 1. The molecule has 1 fully saturated rings. The van der Waals surface area contributed by atoms with E-state index in [0.717, 1.165) is 47.9 Å². The Kier molecular flexibility index (Phi) is 5.33. The predicted molar refractivity (Wildman–Crippen MR) is 115 cm³/mol. The highest BCUT2D eigenvalue weighted by molar-refractivity contribution is 8.13. The van der Waals surface area contributed by atoms with Crippen molar-refractivity contribution >= 4 is 61.7 Å². The zero-order valence-electron chi connectivity index (χ0n) is 14.4. The lowest BCUT2D eigenvalue weighted by atomic mass is 10.2. The molecule has 1 aliphatic rings. The number of nitrogens with zero attached hydrogens (tertiary/aromatic N) is 4. The van der Waals surface area contributed by atoms with E-state index in [0.29, 0.717) is 0 Å². The van der Waals surface area contributed by atoms with Gasteiger partial charge in [-0.25, -0.2) is 4.99 Å². The number of benzene rings is 2. The first-order valence-corrected chi connectivity index (χ1v) is 10.8. The molecule has 3 aromatic rings. The summed E-state index contributed by atoms with van der Waals surface area (Å²) >= 11 is 9.23. The van der Waals surface area contributed by atoms with Crippen LogP contribution in [-0.2, 0) is 0 Å². The number of piperazine rings is 1. The third-order valence-electron chi connectivity index (χ3n) is 4.44. The average molecular weight is 403 g/mol. The predicted octanol–water partition coefficient (Wildman–Crippen LogP) is 5.12. The van der Waals surface area contributed by atoms with Crippen LogP contribution in [0.15, 0.2) is 53.5 Å². The van der Waals surface area contributed by atoms with E-state index in [9.17, 15) is 0 Å². The molecule has 4 rings (SSSR count). The first-order chi connectivity index (χ1) is 12.7. The molecule has 1 aromatic heterocycles. The van der Waals surface area contributed by atoms with Crippen LogP contribution in [0.1, 0.15) is 0 Å². The van der Waals surface area contributed by atoms with Crippen molar-refractivity contribution in [1.82, 2.24) is 9.27 Å². The van der Waals surface area contributed by atoms with Crippen LogP contribution in [0.25, 0.3) is 10.1 Å². The average Bonchev–Trinajstić information content (AvgIpc) is 3.12. The molecule has 0 spiro atoms. The Morgan fingerprint density at radius 1 is 1.08 bits per heavy atom. The number of fused-ring (bicyclic) bond motifs is 1. The fraction of sp³-hybridized carbons (Fsp3) is 0.263. The van der Waals surface area contributed by atoms with Crippen molar-refractivity contribution in [1.29, 1.82) is 0 Å². The van der Waals surface area contributed by atoms with Crippen LogP contribution in [0.4, 0.5) is 11.5 Å². The molecular weight excluding hydrogens is 384 g/mol. The van der Waals surface area contributed by atoms with Crippen LogP contribution < -0.4 is 4.90 Å². The van der Waals surface area contributed by atoms with Crippen LogP contribution in [0, 0.1) is 0 Å². The van der Waals surface area contributed by atoms with Gasteiger partial charge in [0.1, 0.15) is 5.82 Å². The normalized spacial score (nSPS) is 15.7. The minimum absolute atomic E-state index is 0.735. The maximum atomic E-state index is 5.96. The van der Waals surface area contributed by atoms with Gasteiger partial charge in [0, 0.05) is 36.6 Å². The molecule has 0 N–H and O–H groups in total. The number of hydrogen-bond acceptors (Lipinski definition) is 5. The molecule has 0 bridgehead atoms. The largest absolute Gasteiger partial charge is 0.352 e. The van der Waals surface area contributed by atoms with Gasteiger partial charge in [-0.3, -0.25) is 0 Å². The molecule has 0 amide bonds. The number of hydrogen-bond donors (Lipinski definition) is 0. The molecule has 1 aliphatic heterocycles. The SMILES string of the molecule is CS/C(=N/c1ccc(Cl)cc1)N1CCN(c2nsc3ccccc23)CC1. The van der Waals surface area contributed by atoms with Gasteiger partial charge in [-0.1, -0.05) is 35.5 Å². The highest BCUT2D eigenvalue weighted by Gasteiger charge is 2.22.